The van der Waals surface area contributed by atoms with Crippen molar-refractivity contribution >= 4 is 17.7 Å². The Morgan fingerprint density at radius 2 is 1.84 bits per heavy atom. The predicted octanol–water partition coefficient (Wildman–Crippen LogP) is 0.758. The van der Waals surface area contributed by atoms with Crippen LogP contribution in [0.5, 0.6) is 5.75 Å². The zero-order chi connectivity index (χ0) is 21.4. The van der Waals surface area contributed by atoms with Crippen molar-refractivity contribution < 1.29 is 19.1 Å². The van der Waals surface area contributed by atoms with Gasteiger partial charge in [-0.1, -0.05) is 0 Å². The third-order valence-electron chi connectivity index (χ3n) is 7.21. The summed E-state index contributed by atoms with van der Waals surface area (Å²) in [6, 6.07) is 4.95. The Morgan fingerprint density at radius 3 is 2.61 bits per heavy atom. The molecule has 166 valence electrons. The van der Waals surface area contributed by atoms with Crippen LogP contribution < -0.4 is 15.4 Å². The topological polar surface area (TPSA) is 91.0 Å². The van der Waals surface area contributed by atoms with Gasteiger partial charge in [-0.2, -0.15) is 0 Å². The third-order valence-corrected chi connectivity index (χ3v) is 7.21. The first kappa shape index (κ1) is 20.5. The molecule has 4 aliphatic rings. The molecule has 3 fully saturated rings. The minimum Gasteiger partial charge on any atom is -0.492 e. The Hall–Kier alpha value is -2.45. The predicted molar refractivity (Wildman–Crippen MR) is 114 cm³/mol. The smallest absolute Gasteiger partial charge is 0.255 e. The molecule has 1 aromatic rings. The maximum absolute atomic E-state index is 12.8. The lowest BCUT2D eigenvalue weighted by Gasteiger charge is -2.44. The number of nitrogens with zero attached hydrogens (tertiary/aromatic N) is 2. The third kappa shape index (κ3) is 4.19. The van der Waals surface area contributed by atoms with E-state index in [1.54, 1.807) is 11.0 Å². The van der Waals surface area contributed by atoms with Crippen LogP contribution in [0.2, 0.25) is 0 Å². The number of fused-ring (bicyclic) bond motifs is 1. The summed E-state index contributed by atoms with van der Waals surface area (Å²) in [4.78, 5) is 40.3. The van der Waals surface area contributed by atoms with Crippen LogP contribution in [0.3, 0.4) is 0 Å². The molecule has 1 aromatic carbocycles. The molecule has 1 atom stereocenters. The summed E-state index contributed by atoms with van der Waals surface area (Å²) >= 11 is 0. The van der Waals surface area contributed by atoms with E-state index in [0.29, 0.717) is 25.1 Å². The van der Waals surface area contributed by atoms with Crippen molar-refractivity contribution in [1.82, 2.24) is 20.4 Å². The van der Waals surface area contributed by atoms with Crippen molar-refractivity contribution in [3.8, 4) is 5.75 Å². The highest BCUT2D eigenvalue weighted by Crippen LogP contribution is 2.31. The number of hydrogen-bond acceptors (Lipinski definition) is 6. The van der Waals surface area contributed by atoms with Crippen molar-refractivity contribution in [3.05, 3.63) is 29.3 Å². The molecule has 0 aromatic heterocycles. The molecule has 8 nitrogen and oxygen atoms in total. The Kier molecular flexibility index (Phi) is 5.67. The van der Waals surface area contributed by atoms with Crippen LogP contribution in [0.4, 0.5) is 0 Å². The highest BCUT2D eigenvalue weighted by atomic mass is 16.5. The summed E-state index contributed by atoms with van der Waals surface area (Å²) in [5.74, 6) is 1.66. The van der Waals surface area contributed by atoms with E-state index >= 15 is 0 Å². The summed E-state index contributed by atoms with van der Waals surface area (Å²) in [7, 11) is 0. The Bertz CT molecular complexity index is 876. The first-order chi connectivity index (χ1) is 15.1. The minimum atomic E-state index is -0.582. The van der Waals surface area contributed by atoms with Crippen LogP contribution in [0.1, 0.15) is 41.6 Å². The second-order valence-electron chi connectivity index (χ2n) is 9.17. The standard InChI is InChI=1S/C23H30N4O4/c28-21-4-3-20(22(29)25-21)27-14-16-11-18(1-2-19(16)23(27)30)31-10-9-26-12-17(13-26)15-5-7-24-8-6-15/h1-2,11,15,17,20,24H,3-10,12-14H2,(H,25,28,29). The van der Waals surface area contributed by atoms with E-state index in [9.17, 15) is 14.4 Å². The number of hydrogen-bond donors (Lipinski definition) is 2. The number of rotatable bonds is 6. The van der Waals surface area contributed by atoms with Crippen molar-refractivity contribution in [2.24, 2.45) is 11.8 Å². The van der Waals surface area contributed by atoms with Crippen LogP contribution >= 0.6 is 0 Å². The molecule has 0 bridgehead atoms. The molecular weight excluding hydrogens is 396 g/mol. The van der Waals surface area contributed by atoms with E-state index in [4.69, 9.17) is 4.74 Å². The highest BCUT2D eigenvalue weighted by Gasteiger charge is 2.39. The summed E-state index contributed by atoms with van der Waals surface area (Å²) in [5.41, 5.74) is 1.49. The molecule has 4 heterocycles. The van der Waals surface area contributed by atoms with Crippen molar-refractivity contribution in [1.29, 1.82) is 0 Å². The number of amides is 3. The average Bonchev–Trinajstić information content (AvgIpc) is 3.06. The molecule has 3 saturated heterocycles. The van der Waals surface area contributed by atoms with E-state index < -0.39 is 6.04 Å². The zero-order valence-corrected chi connectivity index (χ0v) is 17.8. The van der Waals surface area contributed by atoms with Gasteiger partial charge in [0.25, 0.3) is 5.91 Å². The average molecular weight is 427 g/mol. The van der Waals surface area contributed by atoms with Gasteiger partial charge in [-0.05, 0) is 68.0 Å². The van der Waals surface area contributed by atoms with Crippen molar-refractivity contribution in [2.45, 2.75) is 38.3 Å². The van der Waals surface area contributed by atoms with Crippen LogP contribution in [0.25, 0.3) is 0 Å². The number of likely N-dealkylation sites (tertiary alicyclic amines) is 1. The summed E-state index contributed by atoms with van der Waals surface area (Å²) in [6.07, 6.45) is 3.25. The molecule has 0 aliphatic carbocycles. The molecule has 4 aliphatic heterocycles. The van der Waals surface area contributed by atoms with Gasteiger partial charge in [-0.25, -0.2) is 0 Å². The molecule has 31 heavy (non-hydrogen) atoms. The molecule has 2 N–H and O–H groups in total. The maximum atomic E-state index is 12.8. The van der Waals surface area contributed by atoms with Crippen LogP contribution in [-0.4, -0.2) is 72.9 Å². The number of carbonyl (C=O) groups excluding carboxylic acids is 3. The van der Waals surface area contributed by atoms with E-state index in [1.165, 1.54) is 25.9 Å². The number of carbonyl (C=O) groups is 3. The molecule has 5 rings (SSSR count). The van der Waals surface area contributed by atoms with Crippen LogP contribution in [0.15, 0.2) is 18.2 Å². The largest absolute Gasteiger partial charge is 0.492 e. The number of imide groups is 1. The van der Waals surface area contributed by atoms with E-state index in [2.05, 4.69) is 15.5 Å². The SMILES string of the molecule is O=C1CCC(N2Cc3cc(OCCN4CC(C5CCNCC5)C4)ccc3C2=O)C(=O)N1. The van der Waals surface area contributed by atoms with E-state index in [0.717, 1.165) is 42.8 Å². The number of piperidine rings is 2. The van der Waals surface area contributed by atoms with E-state index in [-0.39, 0.29) is 24.1 Å². The first-order valence-electron chi connectivity index (χ1n) is 11.4. The number of nitrogens with one attached hydrogen (secondary N) is 2. The van der Waals surface area contributed by atoms with Gasteiger partial charge < -0.3 is 15.0 Å². The van der Waals surface area contributed by atoms with Crippen LogP contribution in [-0.2, 0) is 16.1 Å². The number of benzene rings is 1. The summed E-state index contributed by atoms with van der Waals surface area (Å²) in [6.45, 7) is 6.59. The Labute approximate surface area is 182 Å². The van der Waals surface area contributed by atoms with Gasteiger partial charge in [0.1, 0.15) is 18.4 Å². The van der Waals surface area contributed by atoms with E-state index in [1.807, 2.05) is 12.1 Å². The van der Waals surface area contributed by atoms with Gasteiger partial charge in [0.05, 0.1) is 0 Å². The Balaban J connectivity index is 1.11. The van der Waals surface area contributed by atoms with Crippen LogP contribution in [0, 0.1) is 11.8 Å². The fraction of sp³-hybridized carbons (Fsp3) is 0.609. The second kappa shape index (κ2) is 8.59. The zero-order valence-electron chi connectivity index (χ0n) is 17.8. The molecular formula is C23H30N4O4. The molecule has 1 unspecified atom stereocenters. The lowest BCUT2D eigenvalue weighted by molar-refractivity contribution is -0.136. The van der Waals surface area contributed by atoms with Crippen molar-refractivity contribution in [2.75, 3.05) is 39.3 Å². The second-order valence-corrected chi connectivity index (χ2v) is 9.17. The maximum Gasteiger partial charge on any atom is 0.255 e. The minimum absolute atomic E-state index is 0.152. The first-order valence-corrected chi connectivity index (χ1v) is 11.4. The molecule has 0 spiro atoms. The monoisotopic (exact) mass is 426 g/mol. The number of ether oxygens (including phenoxy) is 1. The van der Waals surface area contributed by atoms with Gasteiger partial charge in [0.2, 0.25) is 11.8 Å². The highest BCUT2D eigenvalue weighted by molar-refractivity contribution is 6.05. The molecule has 0 saturated carbocycles. The van der Waals surface area contributed by atoms with Gasteiger partial charge in [-0.15, -0.1) is 0 Å². The quantitative estimate of drug-likeness (QED) is 0.653. The van der Waals surface area contributed by atoms with Gasteiger partial charge in [0, 0.05) is 38.2 Å². The lowest BCUT2D eigenvalue weighted by Crippen LogP contribution is -2.52. The van der Waals surface area contributed by atoms with Gasteiger partial charge >= 0.3 is 0 Å². The molecule has 0 radical (unpaired) electrons. The fourth-order valence-electron chi connectivity index (χ4n) is 5.34. The van der Waals surface area contributed by atoms with Gasteiger partial charge in [0.15, 0.2) is 0 Å². The molecule has 8 heteroatoms. The lowest BCUT2D eigenvalue weighted by atomic mass is 9.80. The normalized spacial score (nSPS) is 25.4. The molecule has 3 amide bonds. The summed E-state index contributed by atoms with van der Waals surface area (Å²) in [5, 5.41) is 5.77. The summed E-state index contributed by atoms with van der Waals surface area (Å²) < 4.78 is 5.96. The van der Waals surface area contributed by atoms with Gasteiger partial charge in [-0.3, -0.25) is 24.6 Å². The fourth-order valence-corrected chi connectivity index (χ4v) is 5.34. The van der Waals surface area contributed by atoms with Crippen molar-refractivity contribution in [3.63, 3.8) is 0 Å². The Morgan fingerprint density at radius 1 is 1.03 bits per heavy atom.